The van der Waals surface area contributed by atoms with E-state index in [9.17, 15) is 5.11 Å². The molecule has 2 aromatic carbocycles. The van der Waals surface area contributed by atoms with Gasteiger partial charge in [0.25, 0.3) is 0 Å². The Hall–Kier alpha value is -2.30. The fraction of sp³-hybridized carbons (Fsp3) is 0.364. The summed E-state index contributed by atoms with van der Waals surface area (Å²) in [7, 11) is 1.66. The van der Waals surface area contributed by atoms with Gasteiger partial charge >= 0.3 is 0 Å². The Labute approximate surface area is 154 Å². The molecule has 0 radical (unpaired) electrons. The van der Waals surface area contributed by atoms with E-state index < -0.39 is 5.60 Å². The van der Waals surface area contributed by atoms with Crippen molar-refractivity contribution in [1.82, 2.24) is 9.88 Å². The number of ether oxygens (including phenoxy) is 1. The number of nitrogens with one attached hydrogen (secondary N) is 1. The van der Waals surface area contributed by atoms with Gasteiger partial charge in [-0.2, -0.15) is 0 Å². The molecule has 136 valence electrons. The van der Waals surface area contributed by atoms with Crippen LogP contribution in [0.25, 0.3) is 10.9 Å². The first-order chi connectivity index (χ1) is 12.6. The van der Waals surface area contributed by atoms with Crippen LogP contribution in [0.2, 0.25) is 0 Å². The lowest BCUT2D eigenvalue weighted by atomic mass is 9.84. The number of H-pyrrole nitrogens is 1. The van der Waals surface area contributed by atoms with Crippen LogP contribution in [0, 0.1) is 6.92 Å². The third-order valence-electron chi connectivity index (χ3n) is 5.74. The topological polar surface area (TPSA) is 48.5 Å². The summed E-state index contributed by atoms with van der Waals surface area (Å²) in [6.07, 6.45) is 1.43. The molecule has 0 bridgehead atoms. The zero-order chi connectivity index (χ0) is 18.1. The van der Waals surface area contributed by atoms with Crippen LogP contribution >= 0.6 is 0 Å². The van der Waals surface area contributed by atoms with E-state index in [1.165, 1.54) is 22.2 Å². The fourth-order valence-corrected chi connectivity index (χ4v) is 4.10. The molecule has 1 fully saturated rings. The van der Waals surface area contributed by atoms with Gasteiger partial charge in [0.1, 0.15) is 5.75 Å². The molecule has 0 saturated carbocycles. The largest absolute Gasteiger partial charge is 0.496 e. The molecule has 4 heteroatoms. The van der Waals surface area contributed by atoms with Crippen LogP contribution in [0.1, 0.15) is 29.7 Å². The van der Waals surface area contributed by atoms with Crippen LogP contribution in [-0.4, -0.2) is 35.2 Å². The maximum absolute atomic E-state index is 11.2. The van der Waals surface area contributed by atoms with Crippen LogP contribution in [0.4, 0.5) is 0 Å². The van der Waals surface area contributed by atoms with Crippen molar-refractivity contribution in [3.05, 3.63) is 65.4 Å². The van der Waals surface area contributed by atoms with Gasteiger partial charge in [-0.1, -0.05) is 36.4 Å². The van der Waals surface area contributed by atoms with Gasteiger partial charge in [-0.05, 0) is 37.5 Å². The van der Waals surface area contributed by atoms with Crippen molar-refractivity contribution < 1.29 is 9.84 Å². The Bertz CT molecular complexity index is 907. The molecule has 1 aromatic heterocycles. The lowest BCUT2D eigenvalue weighted by Gasteiger charge is -2.39. The number of benzene rings is 2. The molecule has 0 spiro atoms. The van der Waals surface area contributed by atoms with Gasteiger partial charge in [-0.25, -0.2) is 0 Å². The van der Waals surface area contributed by atoms with Crippen molar-refractivity contribution in [3.8, 4) is 5.75 Å². The summed E-state index contributed by atoms with van der Waals surface area (Å²) in [6, 6.07) is 16.3. The number of methoxy groups -OCH3 is 1. The lowest BCUT2D eigenvalue weighted by molar-refractivity contribution is -0.0294. The highest BCUT2D eigenvalue weighted by Crippen LogP contribution is 2.38. The first-order valence-corrected chi connectivity index (χ1v) is 9.25. The number of likely N-dealkylation sites (tertiary alicyclic amines) is 1. The Morgan fingerprint density at radius 1 is 1.08 bits per heavy atom. The minimum atomic E-state index is -0.807. The average Bonchev–Trinajstić information content (AvgIpc) is 2.99. The smallest absolute Gasteiger partial charge is 0.124 e. The molecule has 2 N–H and O–H groups in total. The van der Waals surface area contributed by atoms with E-state index in [1.807, 2.05) is 24.3 Å². The van der Waals surface area contributed by atoms with Crippen LogP contribution in [0.5, 0.6) is 5.75 Å². The minimum absolute atomic E-state index is 0.715. The molecule has 0 aliphatic carbocycles. The van der Waals surface area contributed by atoms with E-state index in [0.717, 1.165) is 30.9 Å². The third kappa shape index (κ3) is 3.00. The van der Waals surface area contributed by atoms with Crippen LogP contribution < -0.4 is 4.74 Å². The number of hydrogen-bond donors (Lipinski definition) is 2. The molecule has 1 aliphatic rings. The number of para-hydroxylation sites is 2. The summed E-state index contributed by atoms with van der Waals surface area (Å²) < 4.78 is 5.46. The van der Waals surface area contributed by atoms with Gasteiger partial charge in [0, 0.05) is 41.8 Å². The van der Waals surface area contributed by atoms with Crippen LogP contribution in [-0.2, 0) is 12.1 Å². The molecule has 26 heavy (non-hydrogen) atoms. The molecule has 0 unspecified atom stereocenters. The maximum atomic E-state index is 11.2. The average molecular weight is 350 g/mol. The van der Waals surface area contributed by atoms with Crippen molar-refractivity contribution in [2.75, 3.05) is 20.2 Å². The number of hydrogen-bond acceptors (Lipinski definition) is 3. The summed E-state index contributed by atoms with van der Waals surface area (Å²) in [5.41, 5.74) is 3.89. The van der Waals surface area contributed by atoms with Gasteiger partial charge < -0.3 is 14.8 Å². The van der Waals surface area contributed by atoms with Gasteiger partial charge in [-0.15, -0.1) is 0 Å². The normalized spacial score (nSPS) is 17.5. The Balaban J connectivity index is 1.49. The van der Waals surface area contributed by atoms with E-state index in [2.05, 4.69) is 41.1 Å². The van der Waals surface area contributed by atoms with E-state index in [0.29, 0.717) is 12.8 Å². The van der Waals surface area contributed by atoms with Crippen molar-refractivity contribution in [1.29, 1.82) is 0 Å². The number of piperidine rings is 1. The summed E-state index contributed by atoms with van der Waals surface area (Å²) in [5.74, 6) is 0.773. The highest BCUT2D eigenvalue weighted by atomic mass is 16.5. The van der Waals surface area contributed by atoms with E-state index in [-0.39, 0.29) is 0 Å². The van der Waals surface area contributed by atoms with Gasteiger partial charge in [-0.3, -0.25) is 4.90 Å². The lowest BCUT2D eigenvalue weighted by Crippen LogP contribution is -2.42. The third-order valence-corrected chi connectivity index (χ3v) is 5.74. The molecule has 3 aromatic rings. The monoisotopic (exact) mass is 350 g/mol. The molecule has 1 aliphatic heterocycles. The molecule has 0 atom stereocenters. The zero-order valence-corrected chi connectivity index (χ0v) is 15.5. The Morgan fingerprint density at radius 2 is 1.77 bits per heavy atom. The van der Waals surface area contributed by atoms with Gasteiger partial charge in [0.15, 0.2) is 0 Å². The van der Waals surface area contributed by atoms with Crippen molar-refractivity contribution in [2.24, 2.45) is 0 Å². The predicted molar refractivity (Wildman–Crippen MR) is 104 cm³/mol. The quantitative estimate of drug-likeness (QED) is 0.748. The maximum Gasteiger partial charge on any atom is 0.124 e. The molecular formula is C22H26N2O2. The molecule has 4 nitrogen and oxygen atoms in total. The van der Waals surface area contributed by atoms with Gasteiger partial charge in [0.2, 0.25) is 0 Å². The van der Waals surface area contributed by atoms with E-state index >= 15 is 0 Å². The second-order valence-electron chi connectivity index (χ2n) is 7.28. The zero-order valence-electron chi connectivity index (χ0n) is 15.5. The number of aromatic nitrogens is 1. The summed E-state index contributed by atoms with van der Waals surface area (Å²) in [6.45, 7) is 4.80. The van der Waals surface area contributed by atoms with Crippen LogP contribution in [0.3, 0.4) is 0 Å². The Morgan fingerprint density at radius 3 is 2.50 bits per heavy atom. The second-order valence-corrected chi connectivity index (χ2v) is 7.28. The number of nitrogens with zero attached hydrogens (tertiary/aromatic N) is 1. The number of aryl methyl sites for hydroxylation is 1. The molecule has 0 amide bonds. The molecule has 2 heterocycles. The molecule has 4 rings (SSSR count). The van der Waals surface area contributed by atoms with E-state index in [4.69, 9.17) is 4.74 Å². The van der Waals surface area contributed by atoms with Crippen LogP contribution in [0.15, 0.2) is 48.5 Å². The summed E-state index contributed by atoms with van der Waals surface area (Å²) >= 11 is 0. The number of aromatic amines is 1. The first kappa shape index (κ1) is 17.1. The molecule has 1 saturated heterocycles. The number of fused-ring (bicyclic) bond motifs is 1. The molecular weight excluding hydrogens is 324 g/mol. The fourth-order valence-electron chi connectivity index (χ4n) is 4.10. The van der Waals surface area contributed by atoms with E-state index in [1.54, 1.807) is 7.11 Å². The number of aliphatic hydroxyl groups is 1. The Kier molecular flexibility index (Phi) is 4.47. The van der Waals surface area contributed by atoms with Crippen molar-refractivity contribution in [2.45, 2.75) is 31.9 Å². The SMILES string of the molecule is COc1ccccc1C1(O)CCN(Cc2[nH]c3ccccc3c2C)CC1. The van der Waals surface area contributed by atoms with Gasteiger partial charge in [0.05, 0.1) is 12.7 Å². The summed E-state index contributed by atoms with van der Waals surface area (Å²) in [5, 5.41) is 12.5. The standard InChI is InChI=1S/C22H26N2O2/c1-16-17-7-3-5-9-19(17)23-20(16)15-24-13-11-22(25,12-14-24)18-8-4-6-10-21(18)26-2/h3-10,23,25H,11-15H2,1-2H3. The summed E-state index contributed by atoms with van der Waals surface area (Å²) in [4.78, 5) is 5.98. The highest BCUT2D eigenvalue weighted by Gasteiger charge is 2.36. The number of rotatable bonds is 4. The van der Waals surface area contributed by atoms with Crippen molar-refractivity contribution in [3.63, 3.8) is 0 Å². The van der Waals surface area contributed by atoms with Crippen molar-refractivity contribution >= 4 is 10.9 Å². The first-order valence-electron chi connectivity index (χ1n) is 9.25. The highest BCUT2D eigenvalue weighted by molar-refractivity contribution is 5.84. The minimum Gasteiger partial charge on any atom is -0.496 e. The predicted octanol–water partition coefficient (Wildman–Crippen LogP) is 3.97. The second kappa shape index (κ2) is 6.78.